The summed E-state index contributed by atoms with van der Waals surface area (Å²) in [5, 5.41) is 5.85. The van der Waals surface area contributed by atoms with Crippen LogP contribution in [-0.2, 0) is 0 Å². The van der Waals surface area contributed by atoms with Crippen LogP contribution in [0.2, 0.25) is 0 Å². The minimum absolute atomic E-state index is 0.00711. The number of alkyl halides is 3. The van der Waals surface area contributed by atoms with Crippen molar-refractivity contribution < 1.29 is 13.2 Å². The second kappa shape index (κ2) is 10.3. The summed E-state index contributed by atoms with van der Waals surface area (Å²) >= 11 is 0. The highest BCUT2D eigenvalue weighted by molar-refractivity contribution is 5.37. The standard InChI is InChI=1S/C26H36F3N3O/c1-2-25-13-4-6-20(9-8-19-5-3-7-22(17-19)31-33)23(25)11-10-21(25)12-15-32-16-14-30-24(18-32)26(27,28)29/h2,8-9,12,22-24,30H,1,3-7,10-11,13-18H2/b19-8-,20-9+,21-12+. The maximum atomic E-state index is 13.1. The predicted octanol–water partition coefficient (Wildman–Crippen LogP) is 6.08. The molecule has 0 aromatic carbocycles. The molecule has 1 heterocycles. The average Bonchev–Trinajstić information content (AvgIpc) is 3.20. The first-order valence-corrected chi connectivity index (χ1v) is 12.4. The molecule has 0 radical (unpaired) electrons. The molecule has 0 amide bonds. The van der Waals surface area contributed by atoms with Gasteiger partial charge in [-0.25, -0.2) is 0 Å². The fourth-order valence-corrected chi connectivity index (χ4v) is 6.46. The van der Waals surface area contributed by atoms with E-state index in [1.54, 1.807) is 0 Å². The lowest BCUT2D eigenvalue weighted by Gasteiger charge is -2.40. The van der Waals surface area contributed by atoms with Crippen LogP contribution >= 0.6 is 0 Å². The Balaban J connectivity index is 1.47. The molecule has 0 spiro atoms. The monoisotopic (exact) mass is 463 g/mol. The summed E-state index contributed by atoms with van der Waals surface area (Å²) in [5.74, 6) is 0.418. The molecule has 3 saturated carbocycles. The summed E-state index contributed by atoms with van der Waals surface area (Å²) in [7, 11) is 0. The van der Waals surface area contributed by atoms with Crippen molar-refractivity contribution in [1.82, 2.24) is 10.2 Å². The van der Waals surface area contributed by atoms with Gasteiger partial charge in [0.15, 0.2) is 0 Å². The van der Waals surface area contributed by atoms with Crippen molar-refractivity contribution in [2.24, 2.45) is 16.5 Å². The SMILES string of the molecule is C=CC12CCC/C(=C\C=C3\CCCC(N=O)C3)C1CC/C2=C\CN1CCNC(C(F)(F)F)C1. The number of fused-ring (bicyclic) bond motifs is 1. The number of rotatable bonds is 5. The van der Waals surface area contributed by atoms with E-state index in [0.717, 1.165) is 57.8 Å². The van der Waals surface area contributed by atoms with Crippen LogP contribution in [0.25, 0.3) is 0 Å². The highest BCUT2D eigenvalue weighted by Gasteiger charge is 2.47. The maximum absolute atomic E-state index is 13.1. The van der Waals surface area contributed by atoms with E-state index in [1.807, 2.05) is 4.90 Å². The summed E-state index contributed by atoms with van der Waals surface area (Å²) in [4.78, 5) is 12.9. The molecule has 7 heteroatoms. The van der Waals surface area contributed by atoms with Gasteiger partial charge < -0.3 is 5.32 Å². The zero-order valence-electron chi connectivity index (χ0n) is 19.4. The van der Waals surface area contributed by atoms with Gasteiger partial charge in [0.2, 0.25) is 0 Å². The van der Waals surface area contributed by atoms with Gasteiger partial charge in [0.1, 0.15) is 6.04 Å². The van der Waals surface area contributed by atoms with Crippen LogP contribution in [-0.4, -0.2) is 49.3 Å². The molecule has 4 atom stereocenters. The zero-order chi connectivity index (χ0) is 23.5. The minimum atomic E-state index is -4.20. The molecule has 4 rings (SSSR count). The van der Waals surface area contributed by atoms with Crippen molar-refractivity contribution in [2.75, 3.05) is 26.2 Å². The lowest BCUT2D eigenvalue weighted by Crippen LogP contribution is -2.56. The van der Waals surface area contributed by atoms with Gasteiger partial charge in [-0.3, -0.25) is 4.90 Å². The van der Waals surface area contributed by atoms with Gasteiger partial charge >= 0.3 is 6.18 Å². The molecule has 4 fully saturated rings. The summed E-state index contributed by atoms with van der Waals surface area (Å²) in [6, 6.07) is -1.52. The number of nitroso groups, excluding NO2 is 1. The molecule has 1 aliphatic heterocycles. The largest absolute Gasteiger partial charge is 0.405 e. The summed E-state index contributed by atoms with van der Waals surface area (Å²) < 4.78 is 39.4. The van der Waals surface area contributed by atoms with E-state index in [-0.39, 0.29) is 18.0 Å². The second-order valence-electron chi connectivity index (χ2n) is 10.1. The van der Waals surface area contributed by atoms with E-state index in [4.69, 9.17) is 0 Å². The molecule has 33 heavy (non-hydrogen) atoms. The highest BCUT2D eigenvalue weighted by atomic mass is 19.4. The van der Waals surface area contributed by atoms with Crippen LogP contribution < -0.4 is 5.32 Å². The summed E-state index contributed by atoms with van der Waals surface area (Å²) in [6.07, 6.45) is 13.6. The van der Waals surface area contributed by atoms with E-state index in [0.29, 0.717) is 25.6 Å². The van der Waals surface area contributed by atoms with Crippen LogP contribution in [0.5, 0.6) is 0 Å². The van der Waals surface area contributed by atoms with Crippen molar-refractivity contribution >= 4 is 0 Å². The number of nitrogens with one attached hydrogen (secondary N) is 1. The van der Waals surface area contributed by atoms with Gasteiger partial charge in [0, 0.05) is 31.6 Å². The Labute approximate surface area is 195 Å². The number of allylic oxidation sites excluding steroid dienone is 5. The molecule has 3 aliphatic carbocycles. The first kappa shape index (κ1) is 24.4. The van der Waals surface area contributed by atoms with Crippen LogP contribution in [0.1, 0.15) is 57.8 Å². The summed E-state index contributed by atoms with van der Waals surface area (Å²) in [5.41, 5.74) is 4.06. The molecule has 1 saturated heterocycles. The Bertz CT molecular complexity index is 831. The molecular weight excluding hydrogens is 427 g/mol. The van der Waals surface area contributed by atoms with E-state index in [9.17, 15) is 18.1 Å². The van der Waals surface area contributed by atoms with Gasteiger partial charge in [-0.2, -0.15) is 18.1 Å². The predicted molar refractivity (Wildman–Crippen MR) is 126 cm³/mol. The van der Waals surface area contributed by atoms with Gasteiger partial charge in [0.05, 0.1) is 6.04 Å². The van der Waals surface area contributed by atoms with Crippen LogP contribution in [0, 0.1) is 16.2 Å². The lowest BCUT2D eigenvalue weighted by atomic mass is 9.64. The van der Waals surface area contributed by atoms with E-state index in [2.05, 4.69) is 41.4 Å². The van der Waals surface area contributed by atoms with E-state index in [1.165, 1.54) is 16.7 Å². The number of hydrogen-bond acceptors (Lipinski definition) is 4. The first-order valence-electron chi connectivity index (χ1n) is 12.4. The van der Waals surface area contributed by atoms with Crippen LogP contribution in [0.4, 0.5) is 13.2 Å². The van der Waals surface area contributed by atoms with Crippen LogP contribution in [0.15, 0.2) is 52.8 Å². The first-order chi connectivity index (χ1) is 15.9. The number of nitrogens with zero attached hydrogens (tertiary/aromatic N) is 2. The molecule has 1 N–H and O–H groups in total. The number of hydrogen-bond donors (Lipinski definition) is 1. The van der Waals surface area contributed by atoms with Crippen LogP contribution in [0.3, 0.4) is 0 Å². The molecular formula is C26H36F3N3O. The Morgan fingerprint density at radius 1 is 1.18 bits per heavy atom. The van der Waals surface area contributed by atoms with Crippen molar-refractivity contribution in [2.45, 2.75) is 76.0 Å². The Morgan fingerprint density at radius 3 is 2.79 bits per heavy atom. The lowest BCUT2D eigenvalue weighted by molar-refractivity contribution is -0.164. The van der Waals surface area contributed by atoms with E-state index >= 15 is 0 Å². The molecule has 0 aromatic heterocycles. The van der Waals surface area contributed by atoms with Gasteiger partial charge in [-0.1, -0.05) is 46.2 Å². The Hall–Kier alpha value is -1.73. The zero-order valence-corrected chi connectivity index (χ0v) is 19.4. The Kier molecular flexibility index (Phi) is 7.59. The van der Waals surface area contributed by atoms with Crippen molar-refractivity contribution in [1.29, 1.82) is 0 Å². The quantitative estimate of drug-likeness (QED) is 0.397. The van der Waals surface area contributed by atoms with E-state index < -0.39 is 12.2 Å². The van der Waals surface area contributed by atoms with Crippen molar-refractivity contribution in [3.05, 3.63) is 52.5 Å². The molecule has 0 aromatic rings. The second-order valence-corrected chi connectivity index (χ2v) is 10.1. The highest BCUT2D eigenvalue weighted by Crippen LogP contribution is 2.58. The Morgan fingerprint density at radius 2 is 2.03 bits per heavy atom. The maximum Gasteiger partial charge on any atom is 0.405 e. The van der Waals surface area contributed by atoms with Gasteiger partial charge in [-0.15, -0.1) is 6.58 Å². The molecule has 182 valence electrons. The molecule has 4 aliphatic rings. The molecule has 4 nitrogen and oxygen atoms in total. The summed E-state index contributed by atoms with van der Waals surface area (Å²) in [6.45, 7) is 5.78. The number of piperazine rings is 1. The molecule has 4 unspecified atom stereocenters. The normalized spacial score (nSPS) is 37.4. The van der Waals surface area contributed by atoms with Gasteiger partial charge in [0.25, 0.3) is 0 Å². The fourth-order valence-electron chi connectivity index (χ4n) is 6.46. The van der Waals surface area contributed by atoms with Crippen molar-refractivity contribution in [3.8, 4) is 0 Å². The third-order valence-corrected chi connectivity index (χ3v) is 8.26. The van der Waals surface area contributed by atoms with Gasteiger partial charge in [-0.05, 0) is 63.7 Å². The minimum Gasteiger partial charge on any atom is -0.304 e. The smallest absolute Gasteiger partial charge is 0.304 e. The topological polar surface area (TPSA) is 44.7 Å². The third kappa shape index (κ3) is 5.35. The molecule has 0 bridgehead atoms. The average molecular weight is 464 g/mol. The fraction of sp³-hybridized carbons (Fsp3) is 0.692. The van der Waals surface area contributed by atoms with Crippen molar-refractivity contribution in [3.63, 3.8) is 0 Å². The third-order valence-electron chi connectivity index (χ3n) is 8.26. The number of halogens is 3.